The van der Waals surface area contributed by atoms with E-state index in [1.807, 2.05) is 29.2 Å². The number of hydrogen-bond donors (Lipinski definition) is 0. The van der Waals surface area contributed by atoms with E-state index in [4.69, 9.17) is 4.98 Å². The second kappa shape index (κ2) is 11.3. The summed E-state index contributed by atoms with van der Waals surface area (Å²) in [5.41, 5.74) is 4.86. The maximum atomic E-state index is 13.7. The van der Waals surface area contributed by atoms with Crippen LogP contribution in [0.15, 0.2) is 53.0 Å². The Bertz CT molecular complexity index is 1090. The number of unbranched alkanes of at least 4 members (excludes halogenated alkanes) is 2. The van der Waals surface area contributed by atoms with Gasteiger partial charge in [-0.2, -0.15) is 0 Å². The Kier molecular flexibility index (Phi) is 8.15. The van der Waals surface area contributed by atoms with Crippen molar-refractivity contribution in [2.45, 2.75) is 46.0 Å². The molecule has 4 nitrogen and oxygen atoms in total. The summed E-state index contributed by atoms with van der Waals surface area (Å²) in [6, 6.07) is 16.7. The first-order valence-electron chi connectivity index (χ1n) is 12.3. The predicted octanol–water partition coefficient (Wildman–Crippen LogP) is 6.56. The quantitative estimate of drug-likeness (QED) is 0.346. The second-order valence-electron chi connectivity index (χ2n) is 9.00. The first kappa shape index (κ1) is 23.9. The van der Waals surface area contributed by atoms with Crippen molar-refractivity contribution in [3.05, 3.63) is 64.1 Å². The zero-order chi connectivity index (χ0) is 23.2. The molecule has 0 atom stereocenters. The van der Waals surface area contributed by atoms with Crippen LogP contribution in [-0.2, 0) is 6.42 Å². The number of hydrogen-bond acceptors (Lipinski definition) is 3. The largest absolute Gasteiger partial charge is 0.336 e. The van der Waals surface area contributed by atoms with Gasteiger partial charge in [-0.3, -0.25) is 9.69 Å². The highest BCUT2D eigenvalue weighted by Crippen LogP contribution is 2.29. The lowest BCUT2D eigenvalue weighted by Gasteiger charge is -2.35. The van der Waals surface area contributed by atoms with E-state index in [1.165, 1.54) is 31.2 Å². The highest BCUT2D eigenvalue weighted by Gasteiger charge is 2.24. The fourth-order valence-electron chi connectivity index (χ4n) is 4.47. The van der Waals surface area contributed by atoms with E-state index in [2.05, 4.69) is 58.9 Å². The van der Waals surface area contributed by atoms with Gasteiger partial charge in [0.1, 0.15) is 0 Å². The van der Waals surface area contributed by atoms with Crippen molar-refractivity contribution in [3.8, 4) is 11.3 Å². The van der Waals surface area contributed by atoms with Crippen molar-refractivity contribution < 1.29 is 4.79 Å². The molecular formula is C28H34BrN3O. The number of carbonyl (C=O) groups excluding carboxylic acids is 1. The van der Waals surface area contributed by atoms with Crippen LogP contribution < -0.4 is 0 Å². The van der Waals surface area contributed by atoms with Crippen molar-refractivity contribution in [1.82, 2.24) is 14.8 Å². The smallest absolute Gasteiger partial charge is 0.254 e. The average Bonchev–Trinajstić information content (AvgIpc) is 2.86. The lowest BCUT2D eigenvalue weighted by molar-refractivity contribution is 0.0637. The summed E-state index contributed by atoms with van der Waals surface area (Å²) < 4.78 is 0.961. The number of benzene rings is 2. The molecular weight excluding hydrogens is 474 g/mol. The number of aromatic nitrogens is 1. The van der Waals surface area contributed by atoms with E-state index in [9.17, 15) is 4.79 Å². The molecule has 0 saturated carbocycles. The Morgan fingerprint density at radius 1 is 0.939 bits per heavy atom. The van der Waals surface area contributed by atoms with Gasteiger partial charge in [-0.25, -0.2) is 4.98 Å². The number of nitrogens with zero attached hydrogens (tertiary/aromatic N) is 3. The van der Waals surface area contributed by atoms with Crippen molar-refractivity contribution in [3.63, 3.8) is 0 Å². The van der Waals surface area contributed by atoms with E-state index in [0.717, 1.165) is 71.3 Å². The lowest BCUT2D eigenvalue weighted by atomic mass is 10.0. The molecule has 0 unspecified atom stereocenters. The number of fused-ring (bicyclic) bond motifs is 1. The lowest BCUT2D eigenvalue weighted by Crippen LogP contribution is -2.48. The molecule has 1 aliphatic heterocycles. The fourth-order valence-corrected chi connectivity index (χ4v) is 4.83. The molecule has 4 rings (SSSR count). The van der Waals surface area contributed by atoms with Crippen molar-refractivity contribution in [1.29, 1.82) is 0 Å². The molecule has 33 heavy (non-hydrogen) atoms. The monoisotopic (exact) mass is 507 g/mol. The molecule has 0 aliphatic carbocycles. The van der Waals surface area contributed by atoms with Gasteiger partial charge in [-0.05, 0) is 55.6 Å². The maximum absolute atomic E-state index is 13.7. The minimum atomic E-state index is 0.108. The molecule has 1 amide bonds. The predicted molar refractivity (Wildman–Crippen MR) is 141 cm³/mol. The summed E-state index contributed by atoms with van der Waals surface area (Å²) in [7, 11) is 0. The SMILES string of the molecule is CCCCc1ccc(-c2cc(C(=O)N3CCN(CCCC)CC3)c3cc(Br)ccc3n2)cc1. The minimum absolute atomic E-state index is 0.108. The van der Waals surface area contributed by atoms with Crippen LogP contribution >= 0.6 is 15.9 Å². The fraction of sp³-hybridized carbons (Fsp3) is 0.429. The molecule has 2 aromatic carbocycles. The van der Waals surface area contributed by atoms with Crippen LogP contribution in [0.25, 0.3) is 22.2 Å². The van der Waals surface area contributed by atoms with Crippen LogP contribution in [0, 0.1) is 0 Å². The summed E-state index contributed by atoms with van der Waals surface area (Å²) in [5.74, 6) is 0.108. The minimum Gasteiger partial charge on any atom is -0.336 e. The topological polar surface area (TPSA) is 36.4 Å². The zero-order valence-corrected chi connectivity index (χ0v) is 21.4. The highest BCUT2D eigenvalue weighted by atomic mass is 79.9. The summed E-state index contributed by atoms with van der Waals surface area (Å²) in [6.07, 6.45) is 5.93. The molecule has 1 aliphatic rings. The summed E-state index contributed by atoms with van der Waals surface area (Å²) in [4.78, 5) is 23.1. The Labute approximate surface area is 206 Å². The number of carbonyl (C=O) groups is 1. The van der Waals surface area contributed by atoms with Gasteiger partial charge in [0.2, 0.25) is 0 Å². The summed E-state index contributed by atoms with van der Waals surface area (Å²) in [6.45, 7) is 9.03. The van der Waals surface area contributed by atoms with E-state index in [1.54, 1.807) is 0 Å². The van der Waals surface area contributed by atoms with Gasteiger partial charge in [0.25, 0.3) is 5.91 Å². The third-order valence-corrected chi connectivity index (χ3v) is 7.05. The number of aryl methyl sites for hydroxylation is 1. The first-order valence-corrected chi connectivity index (χ1v) is 13.1. The van der Waals surface area contributed by atoms with Gasteiger partial charge in [0.15, 0.2) is 0 Å². The number of piperazine rings is 1. The van der Waals surface area contributed by atoms with Crippen LogP contribution in [0.5, 0.6) is 0 Å². The van der Waals surface area contributed by atoms with Gasteiger partial charge < -0.3 is 4.90 Å². The molecule has 3 aromatic rings. The van der Waals surface area contributed by atoms with E-state index < -0.39 is 0 Å². The van der Waals surface area contributed by atoms with Crippen LogP contribution in [-0.4, -0.2) is 53.4 Å². The van der Waals surface area contributed by atoms with E-state index in [-0.39, 0.29) is 5.91 Å². The summed E-state index contributed by atoms with van der Waals surface area (Å²) in [5, 5.41) is 0.908. The van der Waals surface area contributed by atoms with Gasteiger partial charge in [-0.1, -0.05) is 66.9 Å². The third-order valence-electron chi connectivity index (χ3n) is 6.56. The van der Waals surface area contributed by atoms with Gasteiger partial charge >= 0.3 is 0 Å². The van der Waals surface area contributed by atoms with E-state index >= 15 is 0 Å². The zero-order valence-electron chi connectivity index (χ0n) is 19.8. The highest BCUT2D eigenvalue weighted by molar-refractivity contribution is 9.10. The molecule has 174 valence electrons. The number of halogens is 1. The second-order valence-corrected chi connectivity index (χ2v) is 9.92. The molecule has 1 fully saturated rings. The molecule has 0 N–H and O–H groups in total. The molecule has 0 radical (unpaired) electrons. The first-order chi connectivity index (χ1) is 16.1. The Morgan fingerprint density at radius 3 is 2.36 bits per heavy atom. The van der Waals surface area contributed by atoms with Crippen molar-refractivity contribution in [2.75, 3.05) is 32.7 Å². The Balaban J connectivity index is 1.63. The number of pyridine rings is 1. The van der Waals surface area contributed by atoms with Crippen LogP contribution in [0.2, 0.25) is 0 Å². The average molecular weight is 509 g/mol. The van der Waals surface area contributed by atoms with Crippen LogP contribution in [0.4, 0.5) is 0 Å². The molecule has 0 spiro atoms. The molecule has 0 bridgehead atoms. The molecule has 1 saturated heterocycles. The van der Waals surface area contributed by atoms with Gasteiger partial charge in [0, 0.05) is 41.6 Å². The molecule has 1 aromatic heterocycles. The maximum Gasteiger partial charge on any atom is 0.254 e. The van der Waals surface area contributed by atoms with Crippen molar-refractivity contribution in [2.24, 2.45) is 0 Å². The van der Waals surface area contributed by atoms with Crippen LogP contribution in [0.3, 0.4) is 0 Å². The van der Waals surface area contributed by atoms with Gasteiger partial charge in [-0.15, -0.1) is 0 Å². The number of amides is 1. The van der Waals surface area contributed by atoms with Crippen LogP contribution in [0.1, 0.15) is 55.5 Å². The van der Waals surface area contributed by atoms with Crippen molar-refractivity contribution >= 4 is 32.7 Å². The number of rotatable bonds is 8. The Morgan fingerprint density at radius 2 is 1.67 bits per heavy atom. The van der Waals surface area contributed by atoms with E-state index in [0.29, 0.717) is 0 Å². The third kappa shape index (κ3) is 5.82. The summed E-state index contributed by atoms with van der Waals surface area (Å²) >= 11 is 3.58. The molecule has 2 heterocycles. The standard InChI is InChI=1S/C28H34BrN3O/c1-3-5-7-21-8-10-22(11-9-21)27-20-25(24-19-23(29)12-13-26(24)30-27)28(33)32-17-15-31(16-18-32)14-6-4-2/h8-13,19-20H,3-7,14-18H2,1-2H3. The Hall–Kier alpha value is -2.24. The van der Waals surface area contributed by atoms with Gasteiger partial charge in [0.05, 0.1) is 16.8 Å². The normalized spacial score (nSPS) is 14.7. The molecule has 5 heteroatoms.